The van der Waals surface area contributed by atoms with Gasteiger partial charge in [0.1, 0.15) is 5.75 Å². The fourth-order valence-electron chi connectivity index (χ4n) is 2.56. The first kappa shape index (κ1) is 16.0. The predicted octanol–water partition coefficient (Wildman–Crippen LogP) is 4.27. The molecule has 0 aliphatic rings. The minimum absolute atomic E-state index is 0.380. The zero-order valence-electron chi connectivity index (χ0n) is 13.2. The van der Waals surface area contributed by atoms with E-state index in [0.717, 1.165) is 30.0 Å². The quantitative estimate of drug-likeness (QED) is 0.793. The summed E-state index contributed by atoms with van der Waals surface area (Å²) < 4.78 is 5.19. The summed E-state index contributed by atoms with van der Waals surface area (Å²) in [5, 5.41) is 3.66. The van der Waals surface area contributed by atoms with Crippen LogP contribution in [0.1, 0.15) is 46.2 Å². The fourth-order valence-corrected chi connectivity index (χ4v) is 2.56. The highest BCUT2D eigenvalue weighted by Crippen LogP contribution is 2.22. The highest BCUT2D eigenvalue weighted by molar-refractivity contribution is 5.28. The van der Waals surface area contributed by atoms with E-state index in [1.807, 2.05) is 12.1 Å². The molecule has 0 bridgehead atoms. The fraction of sp³-hybridized carbons (Fsp3) is 0.647. The molecule has 1 unspecified atom stereocenters. The van der Waals surface area contributed by atoms with Gasteiger partial charge in [0.05, 0.1) is 7.11 Å². The maximum absolute atomic E-state index is 5.19. The van der Waals surface area contributed by atoms with Gasteiger partial charge >= 0.3 is 0 Å². The van der Waals surface area contributed by atoms with Crippen molar-refractivity contribution in [1.29, 1.82) is 0 Å². The summed E-state index contributed by atoms with van der Waals surface area (Å²) in [5.74, 6) is 3.07. The van der Waals surface area contributed by atoms with Crippen molar-refractivity contribution in [2.24, 2.45) is 17.8 Å². The van der Waals surface area contributed by atoms with Crippen molar-refractivity contribution in [2.75, 3.05) is 13.7 Å². The molecule has 19 heavy (non-hydrogen) atoms. The molecule has 0 radical (unpaired) electrons. The lowest BCUT2D eigenvalue weighted by molar-refractivity contribution is 0.268. The van der Waals surface area contributed by atoms with Crippen LogP contribution in [0.5, 0.6) is 5.75 Å². The SMILES string of the molecule is COc1ccc(C(C)NCC(C(C)C)C(C)C)cc1. The first-order chi connectivity index (χ1) is 8.95. The average molecular weight is 263 g/mol. The van der Waals surface area contributed by atoms with Crippen LogP contribution in [0.3, 0.4) is 0 Å². The maximum atomic E-state index is 5.19. The molecule has 0 saturated heterocycles. The molecule has 2 heteroatoms. The van der Waals surface area contributed by atoms with Crippen LogP contribution in [-0.4, -0.2) is 13.7 Å². The first-order valence-corrected chi connectivity index (χ1v) is 7.33. The van der Waals surface area contributed by atoms with Crippen molar-refractivity contribution in [3.05, 3.63) is 29.8 Å². The van der Waals surface area contributed by atoms with Crippen molar-refractivity contribution in [3.63, 3.8) is 0 Å². The molecule has 1 rings (SSSR count). The van der Waals surface area contributed by atoms with Crippen molar-refractivity contribution < 1.29 is 4.74 Å². The number of hydrogen-bond donors (Lipinski definition) is 1. The largest absolute Gasteiger partial charge is 0.497 e. The Hall–Kier alpha value is -1.02. The molecule has 0 aromatic heterocycles. The van der Waals surface area contributed by atoms with Crippen molar-refractivity contribution in [3.8, 4) is 5.75 Å². The molecule has 0 heterocycles. The Morgan fingerprint density at radius 3 is 1.89 bits per heavy atom. The maximum Gasteiger partial charge on any atom is 0.118 e. The minimum atomic E-state index is 0.380. The van der Waals surface area contributed by atoms with Gasteiger partial charge in [-0.05, 0) is 48.9 Å². The van der Waals surface area contributed by atoms with Crippen LogP contribution < -0.4 is 10.1 Å². The Morgan fingerprint density at radius 2 is 1.47 bits per heavy atom. The van der Waals surface area contributed by atoms with E-state index in [2.05, 4.69) is 52.1 Å². The Kier molecular flexibility index (Phi) is 6.36. The zero-order valence-corrected chi connectivity index (χ0v) is 13.2. The van der Waals surface area contributed by atoms with E-state index in [0.29, 0.717) is 6.04 Å². The van der Waals surface area contributed by atoms with Crippen LogP contribution in [0.15, 0.2) is 24.3 Å². The third kappa shape index (κ3) is 4.87. The van der Waals surface area contributed by atoms with Crippen LogP contribution in [0.25, 0.3) is 0 Å². The Labute approximate surface area is 118 Å². The molecule has 0 fully saturated rings. The third-order valence-corrected chi connectivity index (χ3v) is 3.99. The monoisotopic (exact) mass is 263 g/mol. The van der Waals surface area contributed by atoms with Crippen LogP contribution in [0.2, 0.25) is 0 Å². The summed E-state index contributed by atoms with van der Waals surface area (Å²) >= 11 is 0. The van der Waals surface area contributed by atoms with E-state index >= 15 is 0 Å². The molecule has 0 aliphatic heterocycles. The second kappa shape index (κ2) is 7.54. The second-order valence-corrected chi connectivity index (χ2v) is 6.05. The smallest absolute Gasteiger partial charge is 0.118 e. The van der Waals surface area contributed by atoms with E-state index in [1.54, 1.807) is 7.11 Å². The number of hydrogen-bond acceptors (Lipinski definition) is 2. The predicted molar refractivity (Wildman–Crippen MR) is 82.6 cm³/mol. The van der Waals surface area contributed by atoms with E-state index < -0.39 is 0 Å². The van der Waals surface area contributed by atoms with Crippen LogP contribution in [0.4, 0.5) is 0 Å². The van der Waals surface area contributed by atoms with Gasteiger partial charge in [-0.1, -0.05) is 39.8 Å². The van der Waals surface area contributed by atoms with Crippen molar-refractivity contribution >= 4 is 0 Å². The lowest BCUT2D eigenvalue weighted by Gasteiger charge is -2.27. The second-order valence-electron chi connectivity index (χ2n) is 6.05. The van der Waals surface area contributed by atoms with Gasteiger partial charge in [0.2, 0.25) is 0 Å². The van der Waals surface area contributed by atoms with E-state index in [9.17, 15) is 0 Å². The number of ether oxygens (including phenoxy) is 1. The number of rotatable bonds is 7. The first-order valence-electron chi connectivity index (χ1n) is 7.33. The van der Waals surface area contributed by atoms with E-state index in [4.69, 9.17) is 4.74 Å². The average Bonchev–Trinajstić information content (AvgIpc) is 2.38. The molecule has 1 atom stereocenters. The lowest BCUT2D eigenvalue weighted by atomic mass is 9.85. The highest BCUT2D eigenvalue weighted by Gasteiger charge is 2.18. The van der Waals surface area contributed by atoms with Gasteiger partial charge in [0, 0.05) is 6.04 Å². The highest BCUT2D eigenvalue weighted by atomic mass is 16.5. The van der Waals surface area contributed by atoms with Gasteiger partial charge in [-0.25, -0.2) is 0 Å². The molecule has 0 aliphatic carbocycles. The third-order valence-electron chi connectivity index (χ3n) is 3.99. The molecular weight excluding hydrogens is 234 g/mol. The van der Waals surface area contributed by atoms with Gasteiger partial charge < -0.3 is 10.1 Å². The molecule has 2 nitrogen and oxygen atoms in total. The Bertz CT molecular complexity index is 348. The van der Waals surface area contributed by atoms with E-state index in [-0.39, 0.29) is 0 Å². The van der Waals surface area contributed by atoms with Gasteiger partial charge in [0.25, 0.3) is 0 Å². The summed E-state index contributed by atoms with van der Waals surface area (Å²) in [7, 11) is 1.70. The summed E-state index contributed by atoms with van der Waals surface area (Å²) in [5.41, 5.74) is 1.31. The Balaban J connectivity index is 2.56. The van der Waals surface area contributed by atoms with Gasteiger partial charge in [-0.15, -0.1) is 0 Å². The molecule has 1 aromatic rings. The summed E-state index contributed by atoms with van der Waals surface area (Å²) in [6.45, 7) is 12.5. The lowest BCUT2D eigenvalue weighted by Crippen LogP contribution is -2.31. The van der Waals surface area contributed by atoms with Crippen LogP contribution >= 0.6 is 0 Å². The molecule has 1 aromatic carbocycles. The van der Waals surface area contributed by atoms with E-state index in [1.165, 1.54) is 5.56 Å². The molecule has 0 spiro atoms. The zero-order chi connectivity index (χ0) is 14.4. The van der Waals surface area contributed by atoms with Gasteiger partial charge in [0.15, 0.2) is 0 Å². The van der Waals surface area contributed by atoms with Crippen LogP contribution in [-0.2, 0) is 0 Å². The Morgan fingerprint density at radius 1 is 0.947 bits per heavy atom. The molecule has 0 amide bonds. The summed E-state index contributed by atoms with van der Waals surface area (Å²) in [4.78, 5) is 0. The molecular formula is C17H29NO. The van der Waals surface area contributed by atoms with Gasteiger partial charge in [-0.3, -0.25) is 0 Å². The van der Waals surface area contributed by atoms with Crippen molar-refractivity contribution in [2.45, 2.75) is 40.7 Å². The standard InChI is InChI=1S/C17H29NO/c1-12(2)17(13(3)4)11-18-14(5)15-7-9-16(19-6)10-8-15/h7-10,12-14,17-18H,11H2,1-6H3. The molecule has 108 valence electrons. The topological polar surface area (TPSA) is 21.3 Å². The van der Waals surface area contributed by atoms with Gasteiger partial charge in [-0.2, -0.15) is 0 Å². The molecule has 1 N–H and O–H groups in total. The number of methoxy groups -OCH3 is 1. The van der Waals surface area contributed by atoms with Crippen LogP contribution in [0, 0.1) is 17.8 Å². The molecule has 0 saturated carbocycles. The number of benzene rings is 1. The minimum Gasteiger partial charge on any atom is -0.497 e. The number of nitrogens with one attached hydrogen (secondary N) is 1. The summed E-state index contributed by atoms with van der Waals surface area (Å²) in [6.07, 6.45) is 0. The normalized spacial score (nSPS) is 13.3. The van der Waals surface area contributed by atoms with Crippen molar-refractivity contribution in [1.82, 2.24) is 5.32 Å². The summed E-state index contributed by atoms with van der Waals surface area (Å²) in [6, 6.07) is 8.70.